The maximum atomic E-state index is 11.4. The molecule has 23 heavy (non-hydrogen) atoms. The zero-order chi connectivity index (χ0) is 17.7. The van der Waals surface area contributed by atoms with Gasteiger partial charge in [-0.1, -0.05) is 29.8 Å². The van der Waals surface area contributed by atoms with E-state index >= 15 is 0 Å². The number of hydrogen-bond donors (Lipinski definition) is 2. The number of guanidine groups is 1. The van der Waals surface area contributed by atoms with Crippen molar-refractivity contribution in [3.8, 4) is 0 Å². The van der Waals surface area contributed by atoms with Gasteiger partial charge in [0.2, 0.25) is 10.0 Å². The van der Waals surface area contributed by atoms with Gasteiger partial charge in [0.1, 0.15) is 0 Å². The molecule has 0 aliphatic heterocycles. The second-order valence-corrected chi connectivity index (χ2v) is 8.25. The van der Waals surface area contributed by atoms with Crippen LogP contribution in [0.5, 0.6) is 0 Å². The summed E-state index contributed by atoms with van der Waals surface area (Å²) in [5.41, 5.74) is 1.82. The van der Waals surface area contributed by atoms with Gasteiger partial charge in [0.05, 0.1) is 6.26 Å². The monoisotopic (exact) mass is 340 g/mol. The summed E-state index contributed by atoms with van der Waals surface area (Å²) >= 11 is 0. The SMILES string of the molecule is CN=C(NCC(C)(C)NS(C)(=O)=O)N(C)Cc1ccc(C)cc1. The number of aryl methyl sites for hydroxylation is 1. The topological polar surface area (TPSA) is 73.8 Å². The van der Waals surface area contributed by atoms with Crippen LogP contribution in [0.3, 0.4) is 0 Å². The molecule has 6 nitrogen and oxygen atoms in total. The minimum absolute atomic E-state index is 0.435. The van der Waals surface area contributed by atoms with E-state index in [1.165, 1.54) is 11.1 Å². The highest BCUT2D eigenvalue weighted by atomic mass is 32.2. The molecule has 0 heterocycles. The first-order valence-corrected chi connectivity index (χ1v) is 9.38. The summed E-state index contributed by atoms with van der Waals surface area (Å²) in [6, 6.07) is 8.35. The maximum Gasteiger partial charge on any atom is 0.209 e. The van der Waals surface area contributed by atoms with Gasteiger partial charge in [-0.15, -0.1) is 0 Å². The largest absolute Gasteiger partial charge is 0.354 e. The molecule has 130 valence electrons. The molecule has 0 fully saturated rings. The number of nitrogens with zero attached hydrogens (tertiary/aromatic N) is 2. The van der Waals surface area contributed by atoms with Gasteiger partial charge >= 0.3 is 0 Å². The maximum absolute atomic E-state index is 11.4. The molecule has 1 aromatic rings. The molecule has 0 amide bonds. The lowest BCUT2D eigenvalue weighted by Gasteiger charge is -2.29. The van der Waals surface area contributed by atoms with E-state index in [1.54, 1.807) is 7.05 Å². The smallest absolute Gasteiger partial charge is 0.209 e. The van der Waals surface area contributed by atoms with E-state index in [2.05, 4.69) is 46.2 Å². The van der Waals surface area contributed by atoms with Gasteiger partial charge in [0.25, 0.3) is 0 Å². The van der Waals surface area contributed by atoms with Gasteiger partial charge in [0.15, 0.2) is 5.96 Å². The molecule has 0 unspecified atom stereocenters. The van der Waals surface area contributed by atoms with Crippen LogP contribution in [-0.4, -0.2) is 51.7 Å². The number of aliphatic imine (C=N–C) groups is 1. The van der Waals surface area contributed by atoms with Crippen molar-refractivity contribution in [1.29, 1.82) is 0 Å². The standard InChI is InChI=1S/C16H28N4O2S/c1-13-7-9-14(10-8-13)11-20(5)15(17-4)18-12-16(2,3)19-23(6,21)22/h7-10,19H,11-12H2,1-6H3,(H,17,18). The predicted octanol–water partition coefficient (Wildman–Crippen LogP) is 1.33. The van der Waals surface area contributed by atoms with Crippen LogP contribution in [0.1, 0.15) is 25.0 Å². The van der Waals surface area contributed by atoms with Crippen molar-refractivity contribution in [2.75, 3.05) is 26.9 Å². The lowest BCUT2D eigenvalue weighted by atomic mass is 10.1. The Kier molecular flexibility index (Phi) is 6.58. The fourth-order valence-corrected chi connectivity index (χ4v) is 3.34. The molecule has 1 aromatic carbocycles. The zero-order valence-corrected chi connectivity index (χ0v) is 15.7. The molecule has 0 aliphatic rings. The van der Waals surface area contributed by atoms with Crippen molar-refractivity contribution >= 4 is 16.0 Å². The van der Waals surface area contributed by atoms with Crippen LogP contribution in [0, 0.1) is 6.92 Å². The molecule has 0 aliphatic carbocycles. The van der Waals surface area contributed by atoms with Crippen molar-refractivity contribution in [3.63, 3.8) is 0 Å². The summed E-state index contributed by atoms with van der Waals surface area (Å²) in [7, 11) is 0.411. The third-order valence-corrected chi connectivity index (χ3v) is 4.19. The second kappa shape index (κ2) is 7.79. The van der Waals surface area contributed by atoms with Crippen molar-refractivity contribution in [3.05, 3.63) is 35.4 Å². The van der Waals surface area contributed by atoms with Crippen LogP contribution in [0.15, 0.2) is 29.3 Å². The fraction of sp³-hybridized carbons (Fsp3) is 0.562. The fourth-order valence-electron chi connectivity index (χ4n) is 2.26. The lowest BCUT2D eigenvalue weighted by Crippen LogP contribution is -2.53. The van der Waals surface area contributed by atoms with Crippen molar-refractivity contribution in [1.82, 2.24) is 14.9 Å². The summed E-state index contributed by atoms with van der Waals surface area (Å²) in [6.07, 6.45) is 1.16. The van der Waals surface area contributed by atoms with E-state index in [9.17, 15) is 8.42 Å². The highest BCUT2D eigenvalue weighted by Crippen LogP contribution is 2.07. The minimum Gasteiger partial charge on any atom is -0.354 e. The van der Waals surface area contributed by atoms with Crippen LogP contribution < -0.4 is 10.0 Å². The van der Waals surface area contributed by atoms with Gasteiger partial charge in [-0.3, -0.25) is 4.99 Å². The summed E-state index contributed by atoms with van der Waals surface area (Å²) in [6.45, 7) is 6.87. The Hall–Kier alpha value is -1.60. The molecule has 0 atom stereocenters. The Labute approximate surface area is 140 Å². The first-order chi connectivity index (χ1) is 10.5. The predicted molar refractivity (Wildman–Crippen MR) is 96.1 cm³/mol. The van der Waals surface area contributed by atoms with Crippen molar-refractivity contribution < 1.29 is 8.42 Å². The first kappa shape index (κ1) is 19.4. The third-order valence-electron chi connectivity index (χ3n) is 3.26. The Morgan fingerprint density at radius 2 is 1.83 bits per heavy atom. The number of hydrogen-bond acceptors (Lipinski definition) is 3. The highest BCUT2D eigenvalue weighted by Gasteiger charge is 2.22. The average Bonchev–Trinajstić information content (AvgIpc) is 2.39. The van der Waals surface area contributed by atoms with Gasteiger partial charge in [-0.05, 0) is 26.3 Å². The Balaban J connectivity index is 2.64. The molecule has 2 N–H and O–H groups in total. The number of nitrogens with one attached hydrogen (secondary N) is 2. The molecular weight excluding hydrogens is 312 g/mol. The average molecular weight is 340 g/mol. The Morgan fingerprint density at radius 1 is 1.26 bits per heavy atom. The van der Waals surface area contributed by atoms with E-state index in [-0.39, 0.29) is 0 Å². The molecule has 0 radical (unpaired) electrons. The molecule has 0 bridgehead atoms. The van der Waals surface area contributed by atoms with E-state index in [1.807, 2.05) is 25.8 Å². The Morgan fingerprint density at radius 3 is 2.30 bits per heavy atom. The molecular formula is C16H28N4O2S. The van der Waals surface area contributed by atoms with Gasteiger partial charge in [-0.2, -0.15) is 0 Å². The van der Waals surface area contributed by atoms with Crippen LogP contribution in [0.4, 0.5) is 0 Å². The van der Waals surface area contributed by atoms with Crippen LogP contribution in [0.25, 0.3) is 0 Å². The number of sulfonamides is 1. The quantitative estimate of drug-likeness (QED) is 0.605. The second-order valence-electron chi connectivity index (χ2n) is 6.50. The number of rotatable bonds is 6. The molecule has 0 aromatic heterocycles. The lowest BCUT2D eigenvalue weighted by molar-refractivity contribution is 0.422. The third kappa shape index (κ3) is 7.47. The Bertz CT molecular complexity index is 637. The van der Waals surface area contributed by atoms with Gasteiger partial charge in [0, 0.05) is 32.7 Å². The van der Waals surface area contributed by atoms with E-state index in [0.717, 1.165) is 12.8 Å². The van der Waals surface area contributed by atoms with Crippen LogP contribution >= 0.6 is 0 Å². The number of benzene rings is 1. The summed E-state index contributed by atoms with van der Waals surface area (Å²) in [4.78, 5) is 6.26. The van der Waals surface area contributed by atoms with Crippen LogP contribution in [-0.2, 0) is 16.6 Å². The zero-order valence-electron chi connectivity index (χ0n) is 14.8. The normalized spacial score (nSPS) is 13.0. The molecule has 0 saturated carbocycles. The van der Waals surface area contributed by atoms with Gasteiger partial charge in [-0.25, -0.2) is 13.1 Å². The van der Waals surface area contributed by atoms with Gasteiger partial charge < -0.3 is 10.2 Å². The summed E-state index contributed by atoms with van der Waals surface area (Å²) < 4.78 is 25.4. The first-order valence-electron chi connectivity index (χ1n) is 7.49. The van der Waals surface area contributed by atoms with Crippen molar-refractivity contribution in [2.24, 2.45) is 4.99 Å². The molecule has 7 heteroatoms. The van der Waals surface area contributed by atoms with E-state index in [4.69, 9.17) is 0 Å². The molecule has 0 spiro atoms. The van der Waals surface area contributed by atoms with Crippen LogP contribution in [0.2, 0.25) is 0 Å². The minimum atomic E-state index is -3.25. The van der Waals surface area contributed by atoms with E-state index < -0.39 is 15.6 Å². The summed E-state index contributed by atoms with van der Waals surface area (Å²) in [5.74, 6) is 0.717. The molecule has 0 saturated heterocycles. The molecule has 1 rings (SSSR count). The van der Waals surface area contributed by atoms with E-state index in [0.29, 0.717) is 12.5 Å². The highest BCUT2D eigenvalue weighted by molar-refractivity contribution is 7.88. The summed E-state index contributed by atoms with van der Waals surface area (Å²) in [5, 5.41) is 3.21. The van der Waals surface area contributed by atoms with Crippen molar-refractivity contribution in [2.45, 2.75) is 32.9 Å².